The van der Waals surface area contributed by atoms with E-state index in [4.69, 9.17) is 5.11 Å². The van der Waals surface area contributed by atoms with Crippen LogP contribution in [0.3, 0.4) is 0 Å². The largest absolute Gasteiger partial charge is 0.477 e. The van der Waals surface area contributed by atoms with E-state index < -0.39 is 17.9 Å². The van der Waals surface area contributed by atoms with Gasteiger partial charge in [0.05, 0.1) is 6.33 Å². The quantitative estimate of drug-likeness (QED) is 0.684. The second kappa shape index (κ2) is 6.69. The summed E-state index contributed by atoms with van der Waals surface area (Å²) in [6.45, 7) is 6.31. The zero-order valence-electron chi connectivity index (χ0n) is 11.6. The van der Waals surface area contributed by atoms with Gasteiger partial charge in [-0.05, 0) is 20.8 Å². The molecule has 0 saturated carbocycles. The third-order valence-corrected chi connectivity index (χ3v) is 2.86. The van der Waals surface area contributed by atoms with Crippen molar-refractivity contribution >= 4 is 17.8 Å². The highest BCUT2D eigenvalue weighted by molar-refractivity contribution is 6.03. The van der Waals surface area contributed by atoms with Gasteiger partial charge in [-0.1, -0.05) is 0 Å². The molecule has 0 aliphatic heterocycles. The normalized spacial score (nSPS) is 11.8. The lowest BCUT2D eigenvalue weighted by Crippen LogP contribution is -2.47. The van der Waals surface area contributed by atoms with Gasteiger partial charge in [0.1, 0.15) is 6.04 Å². The number of hydrogen-bond donors (Lipinski definition) is 3. The van der Waals surface area contributed by atoms with Crippen LogP contribution in [0.4, 0.5) is 0 Å². The first-order chi connectivity index (χ1) is 9.42. The standard InChI is InChI=1S/C12H18N4O4/c1-4-16(5-2)11(18)7(3)15-10(17)8-9(12(19)20)14-6-13-8/h6-7H,4-5H2,1-3H3,(H,13,14)(H,15,17)(H,19,20). The van der Waals surface area contributed by atoms with E-state index in [0.717, 1.165) is 6.33 Å². The third-order valence-electron chi connectivity index (χ3n) is 2.86. The van der Waals surface area contributed by atoms with E-state index in [1.807, 2.05) is 13.8 Å². The first kappa shape index (κ1) is 15.7. The Bertz CT molecular complexity index is 507. The van der Waals surface area contributed by atoms with Crippen LogP contribution in [0.1, 0.15) is 41.7 Å². The fourth-order valence-electron chi connectivity index (χ4n) is 1.77. The maximum atomic E-state index is 12.0. The number of carbonyl (C=O) groups is 3. The maximum Gasteiger partial charge on any atom is 0.354 e. The molecule has 0 aliphatic rings. The highest BCUT2D eigenvalue weighted by Crippen LogP contribution is 2.04. The van der Waals surface area contributed by atoms with Crippen molar-refractivity contribution in [1.82, 2.24) is 20.2 Å². The summed E-state index contributed by atoms with van der Waals surface area (Å²) in [5, 5.41) is 11.3. The van der Waals surface area contributed by atoms with Gasteiger partial charge in [0.25, 0.3) is 5.91 Å². The van der Waals surface area contributed by atoms with Crippen LogP contribution < -0.4 is 5.32 Å². The summed E-state index contributed by atoms with van der Waals surface area (Å²) in [5.74, 6) is -2.21. The van der Waals surface area contributed by atoms with Crippen LogP contribution in [0.5, 0.6) is 0 Å². The number of carboxylic acid groups (broad SMARTS) is 1. The number of aromatic carboxylic acids is 1. The number of carbonyl (C=O) groups excluding carboxylic acids is 2. The Morgan fingerprint density at radius 1 is 1.40 bits per heavy atom. The van der Waals surface area contributed by atoms with Gasteiger partial charge < -0.3 is 20.3 Å². The summed E-state index contributed by atoms with van der Waals surface area (Å²) in [7, 11) is 0. The van der Waals surface area contributed by atoms with Crippen LogP contribution >= 0.6 is 0 Å². The van der Waals surface area contributed by atoms with Crippen LogP contribution in [0, 0.1) is 0 Å². The minimum atomic E-state index is -1.28. The molecule has 0 radical (unpaired) electrons. The van der Waals surface area contributed by atoms with E-state index in [1.165, 1.54) is 0 Å². The number of rotatable bonds is 6. The molecule has 2 amide bonds. The first-order valence-electron chi connectivity index (χ1n) is 6.28. The van der Waals surface area contributed by atoms with E-state index in [9.17, 15) is 14.4 Å². The number of H-pyrrole nitrogens is 1. The molecule has 20 heavy (non-hydrogen) atoms. The molecule has 1 aromatic rings. The van der Waals surface area contributed by atoms with Crippen molar-refractivity contribution in [3.05, 3.63) is 17.7 Å². The van der Waals surface area contributed by atoms with Crippen LogP contribution in [0.25, 0.3) is 0 Å². The van der Waals surface area contributed by atoms with Crippen LogP contribution in [0.15, 0.2) is 6.33 Å². The number of carboxylic acids is 1. The number of hydrogen-bond acceptors (Lipinski definition) is 4. The van der Waals surface area contributed by atoms with Crippen molar-refractivity contribution < 1.29 is 19.5 Å². The molecule has 0 aliphatic carbocycles. The Kier molecular flexibility index (Phi) is 5.24. The topological polar surface area (TPSA) is 115 Å². The second-order valence-electron chi connectivity index (χ2n) is 4.14. The molecule has 0 saturated heterocycles. The summed E-state index contributed by atoms with van der Waals surface area (Å²) in [4.78, 5) is 42.4. The van der Waals surface area contributed by atoms with Crippen molar-refractivity contribution in [1.29, 1.82) is 0 Å². The van der Waals surface area contributed by atoms with Gasteiger partial charge in [0.15, 0.2) is 11.4 Å². The molecule has 110 valence electrons. The molecule has 1 atom stereocenters. The van der Waals surface area contributed by atoms with Crippen LogP contribution in [-0.4, -0.2) is 56.9 Å². The minimum absolute atomic E-state index is 0.226. The molecule has 8 heteroatoms. The van der Waals surface area contributed by atoms with Gasteiger partial charge in [-0.3, -0.25) is 9.59 Å². The highest BCUT2D eigenvalue weighted by atomic mass is 16.4. The number of likely N-dealkylation sites (N-methyl/N-ethyl adjacent to an activating group) is 1. The molecule has 8 nitrogen and oxygen atoms in total. The summed E-state index contributed by atoms with van der Waals surface area (Å²) in [6, 6.07) is -0.749. The molecule has 1 aromatic heterocycles. The van der Waals surface area contributed by atoms with Gasteiger partial charge in [-0.25, -0.2) is 9.78 Å². The lowest BCUT2D eigenvalue weighted by molar-refractivity contribution is -0.132. The van der Waals surface area contributed by atoms with E-state index >= 15 is 0 Å². The Balaban J connectivity index is 2.77. The molecule has 3 N–H and O–H groups in total. The lowest BCUT2D eigenvalue weighted by atomic mass is 10.2. The van der Waals surface area contributed by atoms with Crippen molar-refractivity contribution in [3.8, 4) is 0 Å². The lowest BCUT2D eigenvalue weighted by Gasteiger charge is -2.23. The third kappa shape index (κ3) is 3.34. The molecular formula is C12H18N4O4. The molecule has 0 bridgehead atoms. The van der Waals surface area contributed by atoms with Crippen molar-refractivity contribution in [2.75, 3.05) is 13.1 Å². The van der Waals surface area contributed by atoms with E-state index in [1.54, 1.807) is 11.8 Å². The Morgan fingerprint density at radius 2 is 2.00 bits per heavy atom. The van der Waals surface area contributed by atoms with Crippen molar-refractivity contribution in [2.45, 2.75) is 26.8 Å². The van der Waals surface area contributed by atoms with Gasteiger partial charge in [-0.15, -0.1) is 0 Å². The van der Waals surface area contributed by atoms with Crippen LogP contribution in [0.2, 0.25) is 0 Å². The van der Waals surface area contributed by atoms with Crippen LogP contribution in [-0.2, 0) is 4.79 Å². The molecule has 1 unspecified atom stereocenters. The van der Waals surface area contributed by atoms with Gasteiger partial charge in [-0.2, -0.15) is 0 Å². The van der Waals surface area contributed by atoms with Gasteiger partial charge in [0, 0.05) is 13.1 Å². The van der Waals surface area contributed by atoms with E-state index in [-0.39, 0.29) is 17.3 Å². The zero-order chi connectivity index (χ0) is 15.3. The van der Waals surface area contributed by atoms with Crippen molar-refractivity contribution in [2.24, 2.45) is 0 Å². The summed E-state index contributed by atoms with van der Waals surface area (Å²) in [6.07, 6.45) is 1.12. The SMILES string of the molecule is CCN(CC)C(=O)C(C)NC(=O)c1nc[nH]c1C(=O)O. The van der Waals surface area contributed by atoms with E-state index in [2.05, 4.69) is 15.3 Å². The summed E-state index contributed by atoms with van der Waals surface area (Å²) in [5.41, 5.74) is -0.540. The molecule has 1 rings (SSSR count). The van der Waals surface area contributed by atoms with Crippen molar-refractivity contribution in [3.63, 3.8) is 0 Å². The Labute approximate surface area is 116 Å². The fraction of sp³-hybridized carbons (Fsp3) is 0.500. The molecule has 1 heterocycles. The molecule has 0 aromatic carbocycles. The summed E-state index contributed by atoms with van der Waals surface area (Å²) < 4.78 is 0. The predicted octanol–water partition coefficient (Wildman–Crippen LogP) is 0.0946. The number of amides is 2. The molecule has 0 fully saturated rings. The first-order valence-corrected chi connectivity index (χ1v) is 6.28. The Morgan fingerprint density at radius 3 is 2.50 bits per heavy atom. The number of imidazole rings is 1. The molecule has 0 spiro atoms. The predicted molar refractivity (Wildman–Crippen MR) is 70.4 cm³/mol. The average molecular weight is 282 g/mol. The number of aromatic nitrogens is 2. The van der Waals surface area contributed by atoms with Gasteiger partial charge in [0.2, 0.25) is 5.91 Å². The average Bonchev–Trinajstić information content (AvgIpc) is 2.89. The number of aromatic amines is 1. The monoisotopic (exact) mass is 282 g/mol. The minimum Gasteiger partial charge on any atom is -0.477 e. The van der Waals surface area contributed by atoms with Gasteiger partial charge >= 0.3 is 5.97 Å². The number of nitrogens with one attached hydrogen (secondary N) is 2. The molecular weight excluding hydrogens is 264 g/mol. The smallest absolute Gasteiger partial charge is 0.354 e. The maximum absolute atomic E-state index is 12.0. The second-order valence-corrected chi connectivity index (χ2v) is 4.14. The Hall–Kier alpha value is -2.38. The fourth-order valence-corrected chi connectivity index (χ4v) is 1.77. The van der Waals surface area contributed by atoms with E-state index in [0.29, 0.717) is 13.1 Å². The summed E-state index contributed by atoms with van der Waals surface area (Å²) >= 11 is 0. The highest BCUT2D eigenvalue weighted by Gasteiger charge is 2.24. The number of nitrogens with zero attached hydrogens (tertiary/aromatic N) is 2. The zero-order valence-corrected chi connectivity index (χ0v) is 11.6.